The molecule has 0 aromatic heterocycles. The van der Waals surface area contributed by atoms with Gasteiger partial charge in [-0.25, -0.2) is 0 Å². The Morgan fingerprint density at radius 2 is 2.12 bits per heavy atom. The van der Waals surface area contributed by atoms with Crippen LogP contribution in [0.5, 0.6) is 0 Å². The summed E-state index contributed by atoms with van der Waals surface area (Å²) in [5.41, 5.74) is 1.12. The van der Waals surface area contributed by atoms with Crippen molar-refractivity contribution in [2.75, 3.05) is 13.2 Å². The molecule has 0 saturated carbocycles. The molecule has 0 spiro atoms. The van der Waals surface area contributed by atoms with E-state index in [1.54, 1.807) is 0 Å². The van der Waals surface area contributed by atoms with Crippen molar-refractivity contribution >= 4 is 0 Å². The molecule has 1 saturated heterocycles. The summed E-state index contributed by atoms with van der Waals surface area (Å²) in [4.78, 5) is 0. The molecule has 0 unspecified atom stereocenters. The number of rotatable bonds is 1. The van der Waals surface area contributed by atoms with Gasteiger partial charge in [0.05, 0.1) is 13.2 Å². The maximum Gasteiger partial charge on any atom is 0.171 e. The van der Waals surface area contributed by atoms with Gasteiger partial charge in [-0.1, -0.05) is 25.3 Å². The average molecular weight is 304 g/mol. The Bertz CT molecular complexity index is 422. The standard InChI is InChI=1S/C14H15O2.Y/c1-11(2)13-5-3-12(4-6-13)7-8-14(15)9-16-10-14;/h3-5,11,15H,9-10H2,1-2H3;/q-1;. The van der Waals surface area contributed by atoms with E-state index in [2.05, 4.69) is 31.8 Å². The summed E-state index contributed by atoms with van der Waals surface area (Å²) in [7, 11) is 0. The summed E-state index contributed by atoms with van der Waals surface area (Å²) in [6.45, 7) is 4.89. The van der Waals surface area contributed by atoms with Crippen LogP contribution >= 0.6 is 0 Å². The van der Waals surface area contributed by atoms with E-state index in [9.17, 15) is 5.11 Å². The summed E-state index contributed by atoms with van der Waals surface area (Å²) in [5.74, 6) is 6.24. The fraction of sp³-hybridized carbons (Fsp3) is 0.429. The molecule has 1 aliphatic heterocycles. The molecule has 87 valence electrons. The SMILES string of the molecule is CC(C)c1[c-]cc(C#CC2(O)COC2)cc1.[Y]. The van der Waals surface area contributed by atoms with E-state index in [0.29, 0.717) is 19.1 Å². The molecular formula is C14H15O2Y-. The number of ether oxygens (including phenoxy) is 1. The normalized spacial score (nSPS) is 16.5. The third-order valence-corrected chi connectivity index (χ3v) is 2.58. The van der Waals surface area contributed by atoms with Crippen molar-refractivity contribution < 1.29 is 42.6 Å². The maximum absolute atomic E-state index is 9.71. The van der Waals surface area contributed by atoms with Crippen molar-refractivity contribution in [1.29, 1.82) is 0 Å². The minimum absolute atomic E-state index is 0. The maximum atomic E-state index is 9.71. The molecular weight excluding hydrogens is 289 g/mol. The zero-order valence-electron chi connectivity index (χ0n) is 10.2. The number of benzene rings is 1. The van der Waals surface area contributed by atoms with Gasteiger partial charge in [0, 0.05) is 32.7 Å². The predicted octanol–water partition coefficient (Wildman–Crippen LogP) is 1.72. The molecule has 1 radical (unpaired) electrons. The van der Waals surface area contributed by atoms with Gasteiger partial charge in [-0.05, 0) is 5.92 Å². The van der Waals surface area contributed by atoms with Crippen molar-refractivity contribution in [1.82, 2.24) is 0 Å². The van der Waals surface area contributed by atoms with Crippen molar-refractivity contribution in [2.24, 2.45) is 0 Å². The summed E-state index contributed by atoms with van der Waals surface area (Å²) in [5, 5.41) is 9.71. The van der Waals surface area contributed by atoms with Crippen molar-refractivity contribution in [3.05, 3.63) is 35.4 Å². The van der Waals surface area contributed by atoms with Gasteiger partial charge in [-0.2, -0.15) is 29.8 Å². The Morgan fingerprint density at radius 3 is 2.53 bits per heavy atom. The van der Waals surface area contributed by atoms with Crippen LogP contribution in [-0.4, -0.2) is 23.9 Å². The Kier molecular flexibility index (Phi) is 5.34. The van der Waals surface area contributed by atoms with Crippen LogP contribution in [0, 0.1) is 17.9 Å². The van der Waals surface area contributed by atoms with E-state index in [-0.39, 0.29) is 32.7 Å². The minimum Gasteiger partial charge on any atom is -0.373 e. The summed E-state index contributed by atoms with van der Waals surface area (Å²) in [6, 6.07) is 9.04. The molecule has 0 bridgehead atoms. The molecule has 2 nitrogen and oxygen atoms in total. The van der Waals surface area contributed by atoms with E-state index in [0.717, 1.165) is 5.56 Å². The van der Waals surface area contributed by atoms with Crippen LogP contribution in [0.15, 0.2) is 18.2 Å². The van der Waals surface area contributed by atoms with Gasteiger partial charge >= 0.3 is 0 Å². The smallest absolute Gasteiger partial charge is 0.171 e. The second kappa shape index (κ2) is 6.11. The van der Waals surface area contributed by atoms with Gasteiger partial charge in [0.1, 0.15) is 0 Å². The Labute approximate surface area is 128 Å². The molecule has 3 heteroatoms. The van der Waals surface area contributed by atoms with Gasteiger partial charge in [0.25, 0.3) is 0 Å². The van der Waals surface area contributed by atoms with Crippen molar-refractivity contribution in [2.45, 2.75) is 25.4 Å². The van der Waals surface area contributed by atoms with E-state index < -0.39 is 5.60 Å². The number of aliphatic hydroxyl groups is 1. The Morgan fingerprint density at radius 1 is 1.41 bits per heavy atom. The molecule has 1 N–H and O–H groups in total. The third-order valence-electron chi connectivity index (χ3n) is 2.58. The van der Waals surface area contributed by atoms with Gasteiger partial charge < -0.3 is 9.84 Å². The minimum atomic E-state index is -0.934. The van der Waals surface area contributed by atoms with Crippen molar-refractivity contribution in [3.63, 3.8) is 0 Å². The molecule has 0 amide bonds. The fourth-order valence-corrected chi connectivity index (χ4v) is 1.43. The summed E-state index contributed by atoms with van der Waals surface area (Å²) in [6.07, 6.45) is 0. The summed E-state index contributed by atoms with van der Waals surface area (Å²) < 4.78 is 4.92. The third kappa shape index (κ3) is 3.90. The molecule has 0 aliphatic carbocycles. The van der Waals surface area contributed by atoms with Gasteiger partial charge in [0.2, 0.25) is 0 Å². The van der Waals surface area contributed by atoms with Gasteiger partial charge in [-0.15, -0.1) is 5.92 Å². The van der Waals surface area contributed by atoms with Crippen LogP contribution in [0.4, 0.5) is 0 Å². The van der Waals surface area contributed by atoms with Crippen LogP contribution in [0.3, 0.4) is 0 Å². The zero-order valence-corrected chi connectivity index (χ0v) is 13.0. The van der Waals surface area contributed by atoms with Gasteiger partial charge in [-0.3, -0.25) is 0 Å². The Balaban J connectivity index is 0.00000144. The summed E-state index contributed by atoms with van der Waals surface area (Å²) >= 11 is 0. The molecule has 2 rings (SSSR count). The first kappa shape index (κ1) is 14.9. The molecule has 1 aromatic rings. The Hall–Kier alpha value is -0.196. The monoisotopic (exact) mass is 304 g/mol. The van der Waals surface area contributed by atoms with Crippen LogP contribution in [0.25, 0.3) is 0 Å². The number of hydrogen-bond donors (Lipinski definition) is 1. The molecule has 1 fully saturated rings. The molecule has 1 heterocycles. The molecule has 0 atom stereocenters. The van der Waals surface area contributed by atoms with Crippen LogP contribution < -0.4 is 0 Å². The topological polar surface area (TPSA) is 29.5 Å². The first-order chi connectivity index (χ1) is 7.59. The number of hydrogen-bond acceptors (Lipinski definition) is 2. The zero-order chi connectivity index (χ0) is 11.6. The largest absolute Gasteiger partial charge is 0.373 e. The average Bonchev–Trinajstić information content (AvgIpc) is 2.24. The van der Waals surface area contributed by atoms with E-state index in [1.165, 1.54) is 5.56 Å². The van der Waals surface area contributed by atoms with Crippen molar-refractivity contribution in [3.8, 4) is 11.8 Å². The van der Waals surface area contributed by atoms with Crippen LogP contribution in [0.1, 0.15) is 30.9 Å². The quantitative estimate of drug-likeness (QED) is 0.632. The predicted molar refractivity (Wildman–Crippen MR) is 62.0 cm³/mol. The fourth-order valence-electron chi connectivity index (χ4n) is 1.43. The van der Waals surface area contributed by atoms with Gasteiger partial charge in [0.15, 0.2) is 5.60 Å². The molecule has 1 aromatic carbocycles. The van der Waals surface area contributed by atoms with E-state index in [1.807, 2.05) is 18.2 Å². The van der Waals surface area contributed by atoms with E-state index in [4.69, 9.17) is 4.74 Å². The molecule has 1 aliphatic rings. The van der Waals surface area contributed by atoms with Crippen LogP contribution in [0.2, 0.25) is 0 Å². The van der Waals surface area contributed by atoms with Crippen LogP contribution in [-0.2, 0) is 37.4 Å². The second-order valence-electron chi connectivity index (χ2n) is 4.46. The molecule has 17 heavy (non-hydrogen) atoms. The van der Waals surface area contributed by atoms with E-state index >= 15 is 0 Å². The second-order valence-corrected chi connectivity index (χ2v) is 4.46. The first-order valence-electron chi connectivity index (χ1n) is 5.44. The first-order valence-corrected chi connectivity index (χ1v) is 5.44.